The summed E-state index contributed by atoms with van der Waals surface area (Å²) in [5, 5.41) is 3.60. The maximum absolute atomic E-state index is 3.60. The van der Waals surface area contributed by atoms with Crippen LogP contribution in [0, 0.1) is 0 Å². The number of likely N-dealkylation sites (N-methyl/N-ethyl adjacent to an activating group) is 1. The van der Waals surface area contributed by atoms with Gasteiger partial charge >= 0.3 is 0 Å². The van der Waals surface area contributed by atoms with Crippen molar-refractivity contribution >= 4 is 0 Å². The van der Waals surface area contributed by atoms with Gasteiger partial charge in [0.25, 0.3) is 0 Å². The van der Waals surface area contributed by atoms with Gasteiger partial charge in [0, 0.05) is 38.3 Å². The van der Waals surface area contributed by atoms with E-state index in [9.17, 15) is 0 Å². The van der Waals surface area contributed by atoms with E-state index in [2.05, 4.69) is 42.8 Å². The third kappa shape index (κ3) is 4.87. The molecule has 1 aliphatic heterocycles. The third-order valence-corrected chi connectivity index (χ3v) is 4.15. The SMILES string of the molecule is CCCNCC(CCC)N1CCN(CC)C(C)C1. The molecule has 2 unspecified atom stereocenters. The van der Waals surface area contributed by atoms with E-state index in [1.165, 1.54) is 52.0 Å². The van der Waals surface area contributed by atoms with Crippen molar-refractivity contribution in [1.82, 2.24) is 15.1 Å². The Hall–Kier alpha value is -0.120. The molecule has 0 bridgehead atoms. The maximum atomic E-state index is 3.60. The number of nitrogens with zero attached hydrogens (tertiary/aromatic N) is 2. The van der Waals surface area contributed by atoms with Crippen molar-refractivity contribution in [3.05, 3.63) is 0 Å². The zero-order valence-corrected chi connectivity index (χ0v) is 12.9. The van der Waals surface area contributed by atoms with Crippen LogP contribution in [0.1, 0.15) is 47.0 Å². The molecule has 0 radical (unpaired) electrons. The topological polar surface area (TPSA) is 18.5 Å². The Bertz CT molecular complexity index is 206. The highest BCUT2D eigenvalue weighted by atomic mass is 15.3. The highest BCUT2D eigenvalue weighted by Crippen LogP contribution is 2.14. The van der Waals surface area contributed by atoms with Gasteiger partial charge in [-0.15, -0.1) is 0 Å². The fraction of sp³-hybridized carbons (Fsp3) is 1.00. The van der Waals surface area contributed by atoms with Crippen molar-refractivity contribution in [1.29, 1.82) is 0 Å². The molecule has 1 heterocycles. The molecule has 0 aromatic carbocycles. The Balaban J connectivity index is 2.42. The summed E-state index contributed by atoms with van der Waals surface area (Å²) < 4.78 is 0. The summed E-state index contributed by atoms with van der Waals surface area (Å²) in [6.45, 7) is 16.4. The fourth-order valence-electron chi connectivity index (χ4n) is 3.02. The van der Waals surface area contributed by atoms with Crippen LogP contribution in [0.15, 0.2) is 0 Å². The minimum atomic E-state index is 0.717. The Labute approximate surface area is 114 Å². The van der Waals surface area contributed by atoms with Crippen LogP contribution in [0.25, 0.3) is 0 Å². The molecule has 0 amide bonds. The first-order valence-electron chi connectivity index (χ1n) is 7.91. The smallest absolute Gasteiger partial charge is 0.0221 e. The van der Waals surface area contributed by atoms with Gasteiger partial charge < -0.3 is 5.32 Å². The molecule has 3 nitrogen and oxygen atoms in total. The third-order valence-electron chi connectivity index (χ3n) is 4.15. The molecule has 1 saturated heterocycles. The van der Waals surface area contributed by atoms with Gasteiger partial charge in [0.1, 0.15) is 0 Å². The van der Waals surface area contributed by atoms with Crippen LogP contribution in [0.5, 0.6) is 0 Å². The van der Waals surface area contributed by atoms with Crippen molar-refractivity contribution in [3.8, 4) is 0 Å². The molecular weight excluding hydrogens is 222 g/mol. The Kier molecular flexibility index (Phi) is 7.87. The van der Waals surface area contributed by atoms with E-state index in [1.54, 1.807) is 0 Å². The van der Waals surface area contributed by atoms with E-state index >= 15 is 0 Å². The molecule has 0 aliphatic carbocycles. The first-order chi connectivity index (χ1) is 8.72. The molecule has 108 valence electrons. The summed E-state index contributed by atoms with van der Waals surface area (Å²) in [6.07, 6.45) is 3.86. The average Bonchev–Trinajstić information content (AvgIpc) is 2.38. The number of piperazine rings is 1. The molecule has 0 saturated carbocycles. The van der Waals surface area contributed by atoms with Gasteiger partial charge in [0.2, 0.25) is 0 Å². The Morgan fingerprint density at radius 2 is 1.94 bits per heavy atom. The van der Waals surface area contributed by atoms with Gasteiger partial charge in [0.05, 0.1) is 0 Å². The first-order valence-corrected chi connectivity index (χ1v) is 7.91. The zero-order chi connectivity index (χ0) is 13.4. The summed E-state index contributed by atoms with van der Waals surface area (Å²) in [5.74, 6) is 0. The molecule has 3 heteroatoms. The lowest BCUT2D eigenvalue weighted by Gasteiger charge is -2.43. The predicted octanol–water partition coefficient (Wildman–Crippen LogP) is 2.18. The van der Waals surface area contributed by atoms with Crippen LogP contribution < -0.4 is 5.32 Å². The van der Waals surface area contributed by atoms with Crippen molar-refractivity contribution in [2.24, 2.45) is 0 Å². The van der Waals surface area contributed by atoms with Crippen molar-refractivity contribution < 1.29 is 0 Å². The van der Waals surface area contributed by atoms with Crippen LogP contribution in [0.2, 0.25) is 0 Å². The van der Waals surface area contributed by atoms with Crippen molar-refractivity contribution in [3.63, 3.8) is 0 Å². The largest absolute Gasteiger partial charge is 0.315 e. The summed E-state index contributed by atoms with van der Waals surface area (Å²) in [6, 6.07) is 1.46. The van der Waals surface area contributed by atoms with E-state index in [1.807, 2.05) is 0 Å². The minimum absolute atomic E-state index is 0.717. The number of hydrogen-bond donors (Lipinski definition) is 1. The molecule has 1 rings (SSSR count). The highest BCUT2D eigenvalue weighted by molar-refractivity contribution is 4.83. The molecule has 0 aromatic rings. The van der Waals surface area contributed by atoms with Gasteiger partial charge in [-0.2, -0.15) is 0 Å². The van der Waals surface area contributed by atoms with Gasteiger partial charge in [-0.05, 0) is 32.9 Å². The normalized spacial score (nSPS) is 24.3. The van der Waals surface area contributed by atoms with Crippen LogP contribution in [0.4, 0.5) is 0 Å². The summed E-state index contributed by atoms with van der Waals surface area (Å²) in [5.41, 5.74) is 0. The number of rotatable bonds is 8. The predicted molar refractivity (Wildman–Crippen MR) is 80.1 cm³/mol. The van der Waals surface area contributed by atoms with Crippen LogP contribution >= 0.6 is 0 Å². The van der Waals surface area contributed by atoms with Crippen molar-refractivity contribution in [2.75, 3.05) is 39.3 Å². The second-order valence-corrected chi connectivity index (χ2v) is 5.62. The quantitative estimate of drug-likeness (QED) is 0.671. The lowest BCUT2D eigenvalue weighted by molar-refractivity contribution is 0.0555. The molecule has 1 N–H and O–H groups in total. The standard InChI is InChI=1S/C15H33N3/c1-5-8-15(12-16-9-6-2)18-11-10-17(7-3)14(4)13-18/h14-16H,5-13H2,1-4H3. The van der Waals surface area contributed by atoms with E-state index in [0.717, 1.165) is 12.6 Å². The Morgan fingerprint density at radius 1 is 1.17 bits per heavy atom. The summed E-state index contributed by atoms with van der Waals surface area (Å²) in [4.78, 5) is 5.31. The molecule has 18 heavy (non-hydrogen) atoms. The minimum Gasteiger partial charge on any atom is -0.315 e. The highest BCUT2D eigenvalue weighted by Gasteiger charge is 2.26. The second-order valence-electron chi connectivity index (χ2n) is 5.62. The van der Waals surface area contributed by atoms with Gasteiger partial charge in [0.15, 0.2) is 0 Å². The van der Waals surface area contributed by atoms with E-state index in [0.29, 0.717) is 6.04 Å². The lowest BCUT2D eigenvalue weighted by atomic mass is 10.1. The lowest BCUT2D eigenvalue weighted by Crippen LogP contribution is -2.56. The fourth-order valence-corrected chi connectivity index (χ4v) is 3.02. The zero-order valence-electron chi connectivity index (χ0n) is 12.9. The van der Waals surface area contributed by atoms with Crippen LogP contribution in [0.3, 0.4) is 0 Å². The van der Waals surface area contributed by atoms with Gasteiger partial charge in [-0.3, -0.25) is 9.80 Å². The maximum Gasteiger partial charge on any atom is 0.0221 e. The molecule has 0 aromatic heterocycles. The van der Waals surface area contributed by atoms with E-state index in [4.69, 9.17) is 0 Å². The van der Waals surface area contributed by atoms with Crippen LogP contribution in [-0.4, -0.2) is 61.2 Å². The average molecular weight is 255 g/mol. The molecular formula is C15H33N3. The van der Waals surface area contributed by atoms with E-state index in [-0.39, 0.29) is 0 Å². The molecule has 1 fully saturated rings. The van der Waals surface area contributed by atoms with Crippen molar-refractivity contribution in [2.45, 2.75) is 59.0 Å². The van der Waals surface area contributed by atoms with Gasteiger partial charge in [-0.1, -0.05) is 27.2 Å². The van der Waals surface area contributed by atoms with Crippen LogP contribution in [-0.2, 0) is 0 Å². The second kappa shape index (κ2) is 8.89. The number of nitrogens with one attached hydrogen (secondary N) is 1. The van der Waals surface area contributed by atoms with E-state index < -0.39 is 0 Å². The monoisotopic (exact) mass is 255 g/mol. The summed E-state index contributed by atoms with van der Waals surface area (Å²) >= 11 is 0. The molecule has 2 atom stereocenters. The Morgan fingerprint density at radius 3 is 2.50 bits per heavy atom. The summed E-state index contributed by atoms with van der Waals surface area (Å²) in [7, 11) is 0. The molecule has 0 spiro atoms. The molecule has 1 aliphatic rings. The van der Waals surface area contributed by atoms with Gasteiger partial charge in [-0.25, -0.2) is 0 Å². The first kappa shape index (κ1) is 15.9. The number of hydrogen-bond acceptors (Lipinski definition) is 3.